The van der Waals surface area contributed by atoms with E-state index in [2.05, 4.69) is 33.9 Å². The monoisotopic (exact) mass is 412 g/mol. The van der Waals surface area contributed by atoms with E-state index in [-0.39, 0.29) is 16.4 Å². The molecule has 0 spiro atoms. The van der Waals surface area contributed by atoms with Crippen LogP contribution in [-0.2, 0) is 4.43 Å². The molecule has 1 aliphatic carbocycles. The minimum atomic E-state index is -1.74. The Morgan fingerprint density at radius 3 is 2.25 bits per heavy atom. The topological polar surface area (TPSA) is 61.8 Å². The molecule has 0 aromatic heterocycles. The lowest BCUT2D eigenvalue weighted by atomic mass is 10.1. The standard InChI is InChI=1S/C20H30F2N2O3Si/c1-20(2,3)28(4,5)27-7-6-13-14-10-24(11-15(13)14)18-16(21)8-12(9-17(18)22)23-19(25)26/h8-9,13-15,23H,6-7,10-11H2,1-5H3,(H,25,26). The largest absolute Gasteiger partial charge is 0.465 e. The summed E-state index contributed by atoms with van der Waals surface area (Å²) in [5, 5.41) is 10.9. The second kappa shape index (κ2) is 7.30. The van der Waals surface area contributed by atoms with Gasteiger partial charge in [-0.2, -0.15) is 0 Å². The number of nitrogens with one attached hydrogen (secondary N) is 1. The first-order valence-corrected chi connectivity index (χ1v) is 12.7. The van der Waals surface area contributed by atoms with Crippen LogP contribution in [0, 0.1) is 29.4 Å². The molecule has 1 saturated heterocycles. The number of carbonyl (C=O) groups is 1. The number of piperidine rings is 1. The van der Waals surface area contributed by atoms with Gasteiger partial charge in [-0.05, 0) is 54.4 Å². The van der Waals surface area contributed by atoms with E-state index in [1.807, 2.05) is 5.32 Å². The lowest BCUT2D eigenvalue weighted by molar-refractivity contribution is 0.209. The van der Waals surface area contributed by atoms with Crippen LogP contribution in [-0.4, -0.2) is 39.2 Å². The molecule has 8 heteroatoms. The van der Waals surface area contributed by atoms with E-state index in [0.717, 1.165) is 25.2 Å². The maximum Gasteiger partial charge on any atom is 0.409 e. The maximum absolute atomic E-state index is 14.4. The van der Waals surface area contributed by atoms with Crippen LogP contribution in [0.2, 0.25) is 18.1 Å². The van der Waals surface area contributed by atoms with E-state index in [0.29, 0.717) is 30.8 Å². The fourth-order valence-corrected chi connectivity index (χ4v) is 5.05. The molecule has 2 aliphatic rings. The molecular formula is C20H30F2N2O3Si. The molecule has 156 valence electrons. The number of hydrogen-bond acceptors (Lipinski definition) is 3. The van der Waals surface area contributed by atoms with Crippen molar-refractivity contribution in [2.45, 2.75) is 45.3 Å². The number of nitrogens with zero attached hydrogens (tertiary/aromatic N) is 1. The molecule has 3 rings (SSSR count). The summed E-state index contributed by atoms with van der Waals surface area (Å²) in [5.74, 6) is 0.0167. The SMILES string of the molecule is CC(C)(C)[Si](C)(C)OCCC1C2CN(c3c(F)cc(NC(=O)O)cc3F)CC12. The molecule has 5 nitrogen and oxygen atoms in total. The molecule has 0 bridgehead atoms. The van der Waals surface area contributed by atoms with Gasteiger partial charge in [0.2, 0.25) is 0 Å². The average Bonchev–Trinajstić information content (AvgIpc) is 2.97. The third-order valence-electron chi connectivity index (χ3n) is 6.68. The van der Waals surface area contributed by atoms with Crippen molar-refractivity contribution in [3.8, 4) is 0 Å². The van der Waals surface area contributed by atoms with Crippen LogP contribution in [0.1, 0.15) is 27.2 Å². The predicted molar refractivity (Wildman–Crippen MR) is 108 cm³/mol. The molecule has 1 amide bonds. The Labute approximate surface area is 166 Å². The molecule has 28 heavy (non-hydrogen) atoms. The zero-order valence-corrected chi connectivity index (χ0v) is 18.2. The van der Waals surface area contributed by atoms with Crippen LogP contribution in [0.25, 0.3) is 0 Å². The maximum atomic E-state index is 14.4. The van der Waals surface area contributed by atoms with E-state index in [1.165, 1.54) is 0 Å². The molecule has 2 N–H and O–H groups in total. The van der Waals surface area contributed by atoms with Gasteiger partial charge in [-0.3, -0.25) is 5.32 Å². The van der Waals surface area contributed by atoms with Crippen LogP contribution in [0.5, 0.6) is 0 Å². The van der Waals surface area contributed by atoms with E-state index in [1.54, 1.807) is 4.90 Å². The first-order chi connectivity index (χ1) is 12.9. The van der Waals surface area contributed by atoms with Gasteiger partial charge in [0, 0.05) is 25.4 Å². The minimum Gasteiger partial charge on any atom is -0.465 e. The van der Waals surface area contributed by atoms with Gasteiger partial charge < -0.3 is 14.4 Å². The summed E-state index contributed by atoms with van der Waals surface area (Å²) in [6.45, 7) is 13.2. The van der Waals surface area contributed by atoms with Gasteiger partial charge >= 0.3 is 6.09 Å². The van der Waals surface area contributed by atoms with Crippen LogP contribution in [0.15, 0.2) is 12.1 Å². The Balaban J connectivity index is 1.53. The molecular weight excluding hydrogens is 382 g/mol. The van der Waals surface area contributed by atoms with Crippen molar-refractivity contribution in [1.29, 1.82) is 0 Å². The van der Waals surface area contributed by atoms with Crippen LogP contribution < -0.4 is 10.2 Å². The number of anilines is 2. The normalized spacial score (nSPS) is 24.2. The van der Waals surface area contributed by atoms with Gasteiger partial charge in [-0.15, -0.1) is 0 Å². The average molecular weight is 413 g/mol. The Morgan fingerprint density at radius 1 is 1.25 bits per heavy atom. The fourth-order valence-electron chi connectivity index (χ4n) is 3.99. The van der Waals surface area contributed by atoms with Crippen molar-refractivity contribution < 1.29 is 23.1 Å². The zero-order chi connectivity index (χ0) is 20.9. The number of halogens is 2. The molecule has 2 fully saturated rings. The van der Waals surface area contributed by atoms with Gasteiger partial charge in [0.25, 0.3) is 0 Å². The molecule has 2 unspecified atom stereocenters. The lowest BCUT2D eigenvalue weighted by Crippen LogP contribution is -2.41. The molecule has 1 aromatic carbocycles. The summed E-state index contributed by atoms with van der Waals surface area (Å²) in [7, 11) is -1.74. The first kappa shape index (κ1) is 21.0. The highest BCUT2D eigenvalue weighted by atomic mass is 28.4. The van der Waals surface area contributed by atoms with E-state index in [9.17, 15) is 13.6 Å². The van der Waals surface area contributed by atoms with Crippen LogP contribution in [0.4, 0.5) is 25.0 Å². The Hall–Kier alpha value is -1.67. The Morgan fingerprint density at radius 2 is 1.79 bits per heavy atom. The third kappa shape index (κ3) is 4.17. The lowest BCUT2D eigenvalue weighted by Gasteiger charge is -2.36. The number of rotatable bonds is 6. The summed E-state index contributed by atoms with van der Waals surface area (Å²) in [6, 6.07) is 2.06. The van der Waals surface area contributed by atoms with Crippen molar-refractivity contribution >= 4 is 25.8 Å². The van der Waals surface area contributed by atoms with Crippen molar-refractivity contribution in [2.24, 2.45) is 17.8 Å². The highest BCUT2D eigenvalue weighted by Gasteiger charge is 2.55. The summed E-state index contributed by atoms with van der Waals surface area (Å²) in [4.78, 5) is 12.4. The zero-order valence-electron chi connectivity index (χ0n) is 17.2. The Kier molecular flexibility index (Phi) is 5.48. The number of carboxylic acid groups (broad SMARTS) is 1. The van der Waals surface area contributed by atoms with Gasteiger partial charge in [0.05, 0.1) is 0 Å². The highest BCUT2D eigenvalue weighted by molar-refractivity contribution is 6.74. The van der Waals surface area contributed by atoms with Gasteiger partial charge in [-0.1, -0.05) is 20.8 Å². The third-order valence-corrected chi connectivity index (χ3v) is 11.2. The summed E-state index contributed by atoms with van der Waals surface area (Å²) < 4.78 is 35.0. The summed E-state index contributed by atoms with van der Waals surface area (Å²) in [6.07, 6.45) is -0.348. The van der Waals surface area contributed by atoms with Crippen molar-refractivity contribution in [3.05, 3.63) is 23.8 Å². The number of benzene rings is 1. The predicted octanol–water partition coefficient (Wildman–Crippen LogP) is 5.15. The van der Waals surface area contributed by atoms with Gasteiger partial charge in [0.15, 0.2) is 20.0 Å². The van der Waals surface area contributed by atoms with E-state index < -0.39 is 26.0 Å². The molecule has 1 saturated carbocycles. The number of fused-ring (bicyclic) bond motifs is 1. The van der Waals surface area contributed by atoms with Gasteiger partial charge in [0.1, 0.15) is 5.69 Å². The first-order valence-electron chi connectivity index (χ1n) is 9.78. The molecule has 0 radical (unpaired) electrons. The molecule has 1 aromatic rings. The summed E-state index contributed by atoms with van der Waals surface area (Å²) in [5.41, 5.74) is -0.157. The van der Waals surface area contributed by atoms with Crippen molar-refractivity contribution in [1.82, 2.24) is 0 Å². The highest BCUT2D eigenvalue weighted by Crippen LogP contribution is 2.55. The van der Waals surface area contributed by atoms with E-state index >= 15 is 0 Å². The van der Waals surface area contributed by atoms with Crippen LogP contribution in [0.3, 0.4) is 0 Å². The second-order valence-corrected chi connectivity index (χ2v) is 14.3. The van der Waals surface area contributed by atoms with Crippen molar-refractivity contribution in [3.63, 3.8) is 0 Å². The van der Waals surface area contributed by atoms with Gasteiger partial charge in [-0.25, -0.2) is 13.6 Å². The Bertz CT molecular complexity index is 731. The number of amides is 1. The molecule has 1 heterocycles. The quantitative estimate of drug-likeness (QED) is 0.635. The molecule has 2 atom stereocenters. The smallest absolute Gasteiger partial charge is 0.409 e. The number of hydrogen-bond donors (Lipinski definition) is 2. The fraction of sp³-hybridized carbons (Fsp3) is 0.650. The van der Waals surface area contributed by atoms with Crippen molar-refractivity contribution in [2.75, 3.05) is 29.9 Å². The minimum absolute atomic E-state index is 0.0561. The second-order valence-electron chi connectivity index (χ2n) is 9.51. The summed E-state index contributed by atoms with van der Waals surface area (Å²) >= 11 is 0. The molecule has 1 aliphatic heterocycles. The van der Waals surface area contributed by atoms with E-state index in [4.69, 9.17) is 9.53 Å². The van der Waals surface area contributed by atoms with Crippen LogP contribution >= 0.6 is 0 Å².